The number of benzene rings is 1. The summed E-state index contributed by atoms with van der Waals surface area (Å²) >= 11 is 3.16. The number of para-hydroxylation sites is 2. The lowest BCUT2D eigenvalue weighted by atomic mass is 10.1. The summed E-state index contributed by atoms with van der Waals surface area (Å²) in [6.07, 6.45) is -0.887. The Morgan fingerprint density at radius 3 is 2.67 bits per heavy atom. The van der Waals surface area contributed by atoms with Crippen LogP contribution in [-0.2, 0) is 4.79 Å². The predicted molar refractivity (Wildman–Crippen MR) is 78.1 cm³/mol. The minimum absolute atomic E-state index is 0.0451. The monoisotopic (exact) mass is 350 g/mol. The fraction of sp³-hybridized carbons (Fsp3) is 0.143. The molecule has 21 heavy (non-hydrogen) atoms. The molecular weight excluding hydrogens is 340 g/mol. The number of hydrogen-bond donors (Lipinski definition) is 1. The molecule has 0 aliphatic carbocycles. The molecule has 1 aromatic carbocycles. The van der Waals surface area contributed by atoms with Gasteiger partial charge in [0.15, 0.2) is 16.5 Å². The molecule has 2 aromatic rings. The van der Waals surface area contributed by atoms with Crippen molar-refractivity contribution >= 4 is 33.4 Å². The second-order valence-electron chi connectivity index (χ2n) is 4.50. The smallest absolute Gasteiger partial charge is 0.294 e. The molecule has 1 atom stereocenters. The molecule has 6 nitrogen and oxygen atoms in total. The third-order valence-corrected chi connectivity index (χ3v) is 3.55. The first-order chi connectivity index (χ1) is 10.1. The van der Waals surface area contributed by atoms with Crippen molar-refractivity contribution in [1.82, 2.24) is 0 Å². The van der Waals surface area contributed by atoms with Gasteiger partial charge in [-0.25, -0.2) is 0 Å². The van der Waals surface area contributed by atoms with E-state index in [9.17, 15) is 9.59 Å². The molecule has 2 heterocycles. The molecule has 3 rings (SSSR count). The van der Waals surface area contributed by atoms with E-state index in [1.165, 1.54) is 4.90 Å². The fourth-order valence-electron chi connectivity index (χ4n) is 2.14. The molecule has 0 fully saturated rings. The molecule has 2 amide bonds. The van der Waals surface area contributed by atoms with Crippen LogP contribution in [0.2, 0.25) is 0 Å². The SMILES string of the molecule is NC(=O)[C@H]1CN(C(=O)c2ccc(Br)o2)c2ccccc2O1. The Bertz CT molecular complexity index is 713. The van der Waals surface area contributed by atoms with E-state index >= 15 is 0 Å². The number of rotatable bonds is 2. The lowest BCUT2D eigenvalue weighted by molar-refractivity contribution is -0.124. The van der Waals surface area contributed by atoms with E-state index in [4.69, 9.17) is 14.9 Å². The van der Waals surface area contributed by atoms with Crippen molar-refractivity contribution < 1.29 is 18.7 Å². The maximum atomic E-state index is 12.5. The summed E-state index contributed by atoms with van der Waals surface area (Å²) in [5.41, 5.74) is 5.87. The number of furan rings is 1. The van der Waals surface area contributed by atoms with E-state index in [-0.39, 0.29) is 18.2 Å². The summed E-state index contributed by atoms with van der Waals surface area (Å²) in [6, 6.07) is 10.2. The van der Waals surface area contributed by atoms with Gasteiger partial charge in [0.2, 0.25) is 0 Å². The van der Waals surface area contributed by atoms with Crippen molar-refractivity contribution in [2.45, 2.75) is 6.10 Å². The predicted octanol–water partition coefficient (Wildman–Crippen LogP) is 1.94. The molecule has 108 valence electrons. The van der Waals surface area contributed by atoms with Gasteiger partial charge in [-0.2, -0.15) is 0 Å². The van der Waals surface area contributed by atoms with Crippen molar-refractivity contribution in [2.24, 2.45) is 5.73 Å². The van der Waals surface area contributed by atoms with Gasteiger partial charge in [-0.3, -0.25) is 14.5 Å². The quantitative estimate of drug-likeness (QED) is 0.896. The maximum absolute atomic E-state index is 12.5. The van der Waals surface area contributed by atoms with E-state index in [1.807, 2.05) is 0 Å². The number of nitrogens with two attached hydrogens (primary N) is 1. The highest BCUT2D eigenvalue weighted by atomic mass is 79.9. The second-order valence-corrected chi connectivity index (χ2v) is 5.28. The summed E-state index contributed by atoms with van der Waals surface area (Å²) in [5.74, 6) is -0.376. The Morgan fingerprint density at radius 1 is 1.24 bits per heavy atom. The highest BCUT2D eigenvalue weighted by Gasteiger charge is 2.34. The Balaban J connectivity index is 2.00. The molecule has 0 saturated heterocycles. The Hall–Kier alpha value is -2.28. The van der Waals surface area contributed by atoms with E-state index in [1.54, 1.807) is 36.4 Å². The molecule has 1 aromatic heterocycles. The molecule has 1 aliphatic heterocycles. The standard InChI is InChI=1S/C14H11BrN2O4/c15-12-6-5-10(21-12)14(19)17-7-11(13(16)18)20-9-4-2-1-3-8(9)17/h1-6,11H,7H2,(H2,16,18)/t11-/m1/s1. The van der Waals surface area contributed by atoms with Gasteiger partial charge >= 0.3 is 0 Å². The number of carbonyl (C=O) groups is 2. The minimum atomic E-state index is -0.887. The van der Waals surface area contributed by atoms with Crippen molar-refractivity contribution in [1.29, 1.82) is 0 Å². The number of halogens is 1. The molecule has 1 aliphatic rings. The molecule has 0 bridgehead atoms. The van der Waals surface area contributed by atoms with Crippen LogP contribution in [0.5, 0.6) is 5.75 Å². The van der Waals surface area contributed by atoms with Crippen molar-refractivity contribution in [3.8, 4) is 5.75 Å². The molecule has 2 N–H and O–H groups in total. The molecule has 0 spiro atoms. The number of hydrogen-bond acceptors (Lipinski definition) is 4. The van der Waals surface area contributed by atoms with Gasteiger partial charge < -0.3 is 14.9 Å². The highest BCUT2D eigenvalue weighted by Crippen LogP contribution is 2.34. The van der Waals surface area contributed by atoms with E-state index < -0.39 is 12.0 Å². The van der Waals surface area contributed by atoms with Crippen LogP contribution in [0.3, 0.4) is 0 Å². The van der Waals surface area contributed by atoms with Crippen LogP contribution in [0.4, 0.5) is 5.69 Å². The molecule has 0 unspecified atom stereocenters. The maximum Gasteiger partial charge on any atom is 0.294 e. The third-order valence-electron chi connectivity index (χ3n) is 3.12. The van der Waals surface area contributed by atoms with E-state index in [0.717, 1.165) is 0 Å². The van der Waals surface area contributed by atoms with E-state index in [0.29, 0.717) is 16.1 Å². The number of primary amides is 1. The summed E-state index contributed by atoms with van der Waals surface area (Å²) in [7, 11) is 0. The number of carbonyl (C=O) groups excluding carboxylic acids is 2. The van der Waals surface area contributed by atoms with Gasteiger partial charge in [0.25, 0.3) is 11.8 Å². The molecule has 7 heteroatoms. The lowest BCUT2D eigenvalue weighted by Crippen LogP contribution is -2.49. The molecular formula is C14H11BrN2O4. The average molecular weight is 351 g/mol. The zero-order valence-corrected chi connectivity index (χ0v) is 12.4. The van der Waals surface area contributed by atoms with Gasteiger partial charge in [-0.1, -0.05) is 12.1 Å². The summed E-state index contributed by atoms with van der Waals surface area (Å²) in [6.45, 7) is 0.0451. The summed E-state index contributed by atoms with van der Waals surface area (Å²) in [4.78, 5) is 25.4. The largest absolute Gasteiger partial charge is 0.477 e. The lowest BCUT2D eigenvalue weighted by Gasteiger charge is -2.32. The first-order valence-corrected chi connectivity index (χ1v) is 6.98. The average Bonchev–Trinajstić information content (AvgIpc) is 2.92. The van der Waals surface area contributed by atoms with Crippen LogP contribution in [0.25, 0.3) is 0 Å². The number of ether oxygens (including phenoxy) is 1. The van der Waals surface area contributed by atoms with Gasteiger partial charge in [0, 0.05) is 0 Å². The fourth-order valence-corrected chi connectivity index (χ4v) is 2.44. The van der Waals surface area contributed by atoms with Crippen LogP contribution < -0.4 is 15.4 Å². The van der Waals surface area contributed by atoms with Crippen LogP contribution in [0.1, 0.15) is 10.6 Å². The first-order valence-electron chi connectivity index (χ1n) is 6.18. The zero-order valence-electron chi connectivity index (χ0n) is 10.8. The minimum Gasteiger partial charge on any atom is -0.477 e. The number of anilines is 1. The van der Waals surface area contributed by atoms with Crippen LogP contribution in [0, 0.1) is 0 Å². The summed E-state index contributed by atoms with van der Waals surface area (Å²) < 4.78 is 11.2. The van der Waals surface area contributed by atoms with Gasteiger partial charge in [0.05, 0.1) is 12.2 Å². The van der Waals surface area contributed by atoms with Gasteiger partial charge in [0.1, 0.15) is 5.75 Å². The normalized spacial score (nSPS) is 17.0. The number of fused-ring (bicyclic) bond motifs is 1. The van der Waals surface area contributed by atoms with Crippen molar-refractivity contribution in [3.63, 3.8) is 0 Å². The third kappa shape index (κ3) is 2.52. The van der Waals surface area contributed by atoms with Crippen molar-refractivity contribution in [3.05, 3.63) is 46.8 Å². The molecule has 0 radical (unpaired) electrons. The van der Waals surface area contributed by atoms with Crippen LogP contribution >= 0.6 is 15.9 Å². The summed E-state index contributed by atoms with van der Waals surface area (Å²) in [5, 5.41) is 0. The number of amides is 2. The Labute approximate surface area is 128 Å². The van der Waals surface area contributed by atoms with Crippen LogP contribution in [0.15, 0.2) is 45.5 Å². The van der Waals surface area contributed by atoms with Gasteiger partial charge in [-0.15, -0.1) is 0 Å². The first kappa shape index (κ1) is 13.7. The van der Waals surface area contributed by atoms with E-state index in [2.05, 4.69) is 15.9 Å². The Kier molecular flexibility index (Phi) is 3.42. The topological polar surface area (TPSA) is 85.8 Å². The second kappa shape index (κ2) is 5.25. The highest BCUT2D eigenvalue weighted by molar-refractivity contribution is 9.10. The van der Waals surface area contributed by atoms with Crippen molar-refractivity contribution in [2.75, 3.05) is 11.4 Å². The molecule has 0 saturated carbocycles. The number of nitrogens with zero attached hydrogens (tertiary/aromatic N) is 1. The van der Waals surface area contributed by atoms with Gasteiger partial charge in [-0.05, 0) is 40.2 Å². The zero-order chi connectivity index (χ0) is 15.0. The van der Waals surface area contributed by atoms with Crippen LogP contribution in [-0.4, -0.2) is 24.5 Å². The Morgan fingerprint density at radius 2 is 2.00 bits per heavy atom.